The molecule has 0 aliphatic carbocycles. The van der Waals surface area contributed by atoms with E-state index in [0.29, 0.717) is 18.1 Å². The van der Waals surface area contributed by atoms with Crippen LogP contribution in [0.4, 0.5) is 0 Å². The highest BCUT2D eigenvalue weighted by Crippen LogP contribution is 2.27. The number of aryl methyl sites for hydroxylation is 2. The minimum atomic E-state index is -0.159. The van der Waals surface area contributed by atoms with Crippen LogP contribution >= 0.6 is 0 Å². The second-order valence-corrected chi connectivity index (χ2v) is 7.23. The molecule has 8 heteroatoms. The molecule has 1 aromatic carbocycles. The monoisotopic (exact) mass is 379 g/mol. The summed E-state index contributed by atoms with van der Waals surface area (Å²) >= 11 is 0. The number of carbonyl (C=O) groups is 1. The fraction of sp³-hybridized carbons (Fsp3) is 0.400. The zero-order valence-electron chi connectivity index (χ0n) is 16.2. The van der Waals surface area contributed by atoms with E-state index in [9.17, 15) is 4.79 Å². The molecule has 1 saturated heterocycles. The fourth-order valence-electron chi connectivity index (χ4n) is 3.71. The smallest absolute Gasteiger partial charge is 0.272 e. The molecule has 2 aromatic heterocycles. The van der Waals surface area contributed by atoms with Crippen molar-refractivity contribution in [1.29, 1.82) is 0 Å². The van der Waals surface area contributed by atoms with Gasteiger partial charge in [-0.1, -0.05) is 30.3 Å². The van der Waals surface area contributed by atoms with E-state index in [4.69, 9.17) is 0 Å². The molecule has 1 aliphatic rings. The number of H-pyrrole nitrogens is 1. The number of amides is 1. The maximum absolute atomic E-state index is 13.3. The van der Waals surface area contributed by atoms with Crippen LogP contribution in [0.3, 0.4) is 0 Å². The van der Waals surface area contributed by atoms with Gasteiger partial charge in [0.05, 0.1) is 18.6 Å². The lowest BCUT2D eigenvalue weighted by atomic mass is 10.1. The Morgan fingerprint density at radius 2 is 2.04 bits per heavy atom. The molecule has 28 heavy (non-hydrogen) atoms. The fourth-order valence-corrected chi connectivity index (χ4v) is 3.71. The van der Waals surface area contributed by atoms with Gasteiger partial charge in [0.15, 0.2) is 5.82 Å². The molecule has 1 unspecified atom stereocenters. The zero-order chi connectivity index (χ0) is 19.5. The summed E-state index contributed by atoms with van der Waals surface area (Å²) < 4.78 is 1.76. The Hall–Kier alpha value is -3.00. The van der Waals surface area contributed by atoms with Crippen LogP contribution in [0.2, 0.25) is 0 Å². The van der Waals surface area contributed by atoms with Crippen molar-refractivity contribution in [2.24, 2.45) is 7.05 Å². The number of nitrogens with one attached hydrogen (secondary N) is 1. The van der Waals surface area contributed by atoms with Crippen LogP contribution in [0.5, 0.6) is 0 Å². The Labute approximate surface area is 164 Å². The summed E-state index contributed by atoms with van der Waals surface area (Å²) in [4.78, 5) is 26.2. The number of carbonyl (C=O) groups excluding carboxylic acids is 1. The summed E-state index contributed by atoms with van der Waals surface area (Å²) in [5, 5.41) is 7.27. The van der Waals surface area contributed by atoms with E-state index in [-0.39, 0.29) is 11.9 Å². The van der Waals surface area contributed by atoms with Crippen molar-refractivity contribution >= 4 is 5.91 Å². The number of hydrogen-bond donors (Lipinski definition) is 1. The first-order valence-corrected chi connectivity index (χ1v) is 9.54. The molecule has 3 heterocycles. The third-order valence-electron chi connectivity index (χ3n) is 5.21. The summed E-state index contributed by atoms with van der Waals surface area (Å²) in [7, 11) is 1.84. The molecule has 0 spiro atoms. The van der Waals surface area contributed by atoms with Gasteiger partial charge in [-0.05, 0) is 18.9 Å². The van der Waals surface area contributed by atoms with Crippen LogP contribution in [0.1, 0.15) is 40.2 Å². The van der Waals surface area contributed by atoms with Crippen LogP contribution in [0, 0.1) is 6.92 Å². The number of aromatic amines is 1. The molecule has 0 bridgehead atoms. The molecular formula is C20H25N7O. The SMILES string of the molecule is Cc1nc(C2CCN(Cc3ccccc3)CCN2C(=O)c2cncn2C)n[nH]1. The number of imidazole rings is 1. The third-order valence-corrected chi connectivity index (χ3v) is 5.21. The molecule has 1 fully saturated rings. The van der Waals surface area contributed by atoms with E-state index in [1.54, 1.807) is 17.1 Å². The molecule has 0 saturated carbocycles. The van der Waals surface area contributed by atoms with Gasteiger partial charge in [0.1, 0.15) is 11.5 Å². The summed E-state index contributed by atoms with van der Waals surface area (Å²) in [5.74, 6) is 1.40. The Morgan fingerprint density at radius 1 is 1.21 bits per heavy atom. The standard InChI is InChI=1S/C20H25N7O/c1-15-22-19(24-23-15)17-8-9-26(13-16-6-4-3-5-7-16)10-11-27(17)20(28)18-12-21-14-25(18)2/h3-7,12,14,17H,8-11,13H2,1-2H3,(H,22,23,24). The van der Waals surface area contributed by atoms with E-state index < -0.39 is 0 Å². The number of rotatable bonds is 4. The molecule has 3 aromatic rings. The Kier molecular flexibility index (Phi) is 5.21. The number of hydrogen-bond acceptors (Lipinski definition) is 5. The van der Waals surface area contributed by atoms with Crippen LogP contribution in [0.25, 0.3) is 0 Å². The van der Waals surface area contributed by atoms with Gasteiger partial charge < -0.3 is 9.47 Å². The Balaban J connectivity index is 1.58. The van der Waals surface area contributed by atoms with Crippen LogP contribution < -0.4 is 0 Å². The molecule has 1 N–H and O–H groups in total. The van der Waals surface area contributed by atoms with Gasteiger partial charge in [0.2, 0.25) is 0 Å². The lowest BCUT2D eigenvalue weighted by Crippen LogP contribution is -2.38. The Morgan fingerprint density at radius 3 is 2.71 bits per heavy atom. The van der Waals surface area contributed by atoms with Gasteiger partial charge in [-0.3, -0.25) is 14.8 Å². The van der Waals surface area contributed by atoms with Gasteiger partial charge in [0, 0.05) is 33.2 Å². The lowest BCUT2D eigenvalue weighted by molar-refractivity contribution is 0.0667. The van der Waals surface area contributed by atoms with E-state index in [2.05, 4.69) is 49.3 Å². The van der Waals surface area contributed by atoms with E-state index in [1.807, 2.05) is 24.9 Å². The van der Waals surface area contributed by atoms with Crippen LogP contribution in [0.15, 0.2) is 42.9 Å². The average Bonchev–Trinajstić information content (AvgIpc) is 3.26. The first kappa shape index (κ1) is 18.4. The van der Waals surface area contributed by atoms with E-state index in [1.165, 1.54) is 5.56 Å². The minimum absolute atomic E-state index is 0.0333. The van der Waals surface area contributed by atoms with Gasteiger partial charge >= 0.3 is 0 Å². The van der Waals surface area contributed by atoms with Crippen molar-refractivity contribution in [3.05, 3.63) is 65.8 Å². The molecule has 146 valence electrons. The highest BCUT2D eigenvalue weighted by molar-refractivity contribution is 5.92. The zero-order valence-corrected chi connectivity index (χ0v) is 16.2. The number of nitrogens with zero attached hydrogens (tertiary/aromatic N) is 6. The normalized spacial score (nSPS) is 18.2. The first-order valence-electron chi connectivity index (χ1n) is 9.54. The van der Waals surface area contributed by atoms with E-state index >= 15 is 0 Å². The molecule has 4 rings (SSSR count). The summed E-state index contributed by atoms with van der Waals surface area (Å²) in [6.45, 7) is 5.05. The largest absolute Gasteiger partial charge is 0.330 e. The van der Waals surface area contributed by atoms with Gasteiger partial charge in [-0.15, -0.1) is 0 Å². The molecule has 0 radical (unpaired) electrons. The van der Waals surface area contributed by atoms with Crippen molar-refractivity contribution in [3.8, 4) is 0 Å². The minimum Gasteiger partial charge on any atom is -0.330 e. The van der Waals surface area contributed by atoms with Crippen molar-refractivity contribution < 1.29 is 4.79 Å². The third kappa shape index (κ3) is 3.82. The molecular weight excluding hydrogens is 354 g/mol. The second-order valence-electron chi connectivity index (χ2n) is 7.23. The van der Waals surface area contributed by atoms with Crippen molar-refractivity contribution in [2.45, 2.75) is 25.9 Å². The molecule has 1 atom stereocenters. The summed E-state index contributed by atoms with van der Waals surface area (Å²) in [6, 6.07) is 10.3. The maximum atomic E-state index is 13.3. The highest BCUT2D eigenvalue weighted by atomic mass is 16.2. The average molecular weight is 379 g/mol. The molecule has 8 nitrogen and oxygen atoms in total. The quantitative estimate of drug-likeness (QED) is 0.749. The van der Waals surface area contributed by atoms with E-state index in [0.717, 1.165) is 31.9 Å². The lowest BCUT2D eigenvalue weighted by Gasteiger charge is -2.27. The molecule has 1 amide bonds. The summed E-state index contributed by atoms with van der Waals surface area (Å²) in [5.41, 5.74) is 1.85. The highest BCUT2D eigenvalue weighted by Gasteiger charge is 2.33. The number of aromatic nitrogens is 5. The predicted octanol–water partition coefficient (Wildman–Crippen LogP) is 1.94. The predicted molar refractivity (Wildman–Crippen MR) is 104 cm³/mol. The topological polar surface area (TPSA) is 82.9 Å². The second kappa shape index (κ2) is 7.93. The van der Waals surface area contributed by atoms with Crippen molar-refractivity contribution in [2.75, 3.05) is 19.6 Å². The first-order chi connectivity index (χ1) is 13.6. The van der Waals surface area contributed by atoms with Crippen LogP contribution in [-0.2, 0) is 13.6 Å². The summed E-state index contributed by atoms with van der Waals surface area (Å²) in [6.07, 6.45) is 4.06. The van der Waals surface area contributed by atoms with Gasteiger partial charge in [-0.25, -0.2) is 9.97 Å². The Bertz CT molecular complexity index is 933. The van der Waals surface area contributed by atoms with Gasteiger partial charge in [0.25, 0.3) is 5.91 Å². The molecule has 1 aliphatic heterocycles. The van der Waals surface area contributed by atoms with Crippen molar-refractivity contribution in [1.82, 2.24) is 34.5 Å². The maximum Gasteiger partial charge on any atom is 0.272 e. The van der Waals surface area contributed by atoms with Gasteiger partial charge in [-0.2, -0.15) is 5.10 Å². The van der Waals surface area contributed by atoms with Crippen molar-refractivity contribution in [3.63, 3.8) is 0 Å². The van der Waals surface area contributed by atoms with Crippen LogP contribution in [-0.4, -0.2) is 60.1 Å². The number of benzene rings is 1.